The van der Waals surface area contributed by atoms with Gasteiger partial charge in [0, 0.05) is 55.6 Å². The molecule has 0 spiro atoms. The van der Waals surface area contributed by atoms with Crippen LogP contribution in [0.1, 0.15) is 11.3 Å². The van der Waals surface area contributed by atoms with Gasteiger partial charge in [-0.05, 0) is 12.5 Å². The summed E-state index contributed by atoms with van der Waals surface area (Å²) in [6.07, 6.45) is 0. The molecule has 166 valence electrons. The van der Waals surface area contributed by atoms with Crippen molar-refractivity contribution in [2.75, 3.05) is 31.1 Å². The zero-order valence-corrected chi connectivity index (χ0v) is 18.4. The number of aromatic nitrogens is 2. The highest BCUT2D eigenvalue weighted by Crippen LogP contribution is 2.25. The topological polar surface area (TPSA) is 110 Å². The first kappa shape index (κ1) is 21.8. The number of nitrogens with zero attached hydrogens (tertiary/aromatic N) is 5. The van der Waals surface area contributed by atoms with E-state index >= 15 is 0 Å². The SMILES string of the molecule is Cc1cc(N2CCN(S(=O)(=O)Cc3ccccc3)CC2)nc(-c2cccc([N+](=O)[O-])c2)n1. The maximum Gasteiger partial charge on any atom is 0.270 e. The van der Waals surface area contributed by atoms with Crippen LogP contribution in [0.15, 0.2) is 60.7 Å². The first-order valence-electron chi connectivity index (χ1n) is 10.2. The van der Waals surface area contributed by atoms with Crippen molar-refractivity contribution < 1.29 is 13.3 Å². The second-order valence-corrected chi connectivity index (χ2v) is 9.60. The predicted octanol–water partition coefficient (Wildman–Crippen LogP) is 3.01. The Labute approximate surface area is 186 Å². The van der Waals surface area contributed by atoms with Crippen molar-refractivity contribution in [3.05, 3.63) is 82.0 Å². The second kappa shape index (κ2) is 9.01. The lowest BCUT2D eigenvalue weighted by molar-refractivity contribution is -0.384. The van der Waals surface area contributed by atoms with Crippen LogP contribution in [0.3, 0.4) is 0 Å². The van der Waals surface area contributed by atoms with Gasteiger partial charge in [0.05, 0.1) is 10.7 Å². The lowest BCUT2D eigenvalue weighted by Gasteiger charge is -2.34. The quantitative estimate of drug-likeness (QED) is 0.417. The molecule has 1 saturated heterocycles. The van der Waals surface area contributed by atoms with E-state index < -0.39 is 14.9 Å². The normalized spacial score (nSPS) is 15.0. The molecule has 10 heteroatoms. The van der Waals surface area contributed by atoms with Crippen molar-refractivity contribution in [3.63, 3.8) is 0 Å². The number of rotatable bonds is 6. The maximum atomic E-state index is 12.8. The zero-order chi connectivity index (χ0) is 22.7. The molecule has 0 radical (unpaired) electrons. The zero-order valence-electron chi connectivity index (χ0n) is 17.6. The molecule has 0 aliphatic carbocycles. The summed E-state index contributed by atoms with van der Waals surface area (Å²) >= 11 is 0. The van der Waals surface area contributed by atoms with E-state index in [0.29, 0.717) is 43.4 Å². The molecule has 0 atom stereocenters. The summed E-state index contributed by atoms with van der Waals surface area (Å²) in [5.74, 6) is 1.07. The van der Waals surface area contributed by atoms with Crippen LogP contribution in [0.2, 0.25) is 0 Å². The third kappa shape index (κ3) is 4.92. The van der Waals surface area contributed by atoms with E-state index in [9.17, 15) is 18.5 Å². The highest BCUT2D eigenvalue weighted by molar-refractivity contribution is 7.88. The van der Waals surface area contributed by atoms with Crippen molar-refractivity contribution in [2.45, 2.75) is 12.7 Å². The van der Waals surface area contributed by atoms with E-state index in [0.717, 1.165) is 11.3 Å². The summed E-state index contributed by atoms with van der Waals surface area (Å²) in [4.78, 5) is 21.7. The van der Waals surface area contributed by atoms with Crippen molar-refractivity contribution in [3.8, 4) is 11.4 Å². The van der Waals surface area contributed by atoms with Gasteiger partial charge in [0.1, 0.15) is 5.82 Å². The Morgan fingerprint density at radius 2 is 1.69 bits per heavy atom. The van der Waals surface area contributed by atoms with Gasteiger partial charge < -0.3 is 4.90 Å². The Morgan fingerprint density at radius 3 is 2.38 bits per heavy atom. The number of nitro benzene ring substituents is 1. The average molecular weight is 454 g/mol. The Bertz CT molecular complexity index is 1230. The molecule has 0 amide bonds. The monoisotopic (exact) mass is 453 g/mol. The first-order valence-corrected chi connectivity index (χ1v) is 11.8. The lowest BCUT2D eigenvalue weighted by atomic mass is 10.2. The molecule has 9 nitrogen and oxygen atoms in total. The summed E-state index contributed by atoms with van der Waals surface area (Å²) in [5.41, 5.74) is 2.04. The standard InChI is InChI=1S/C22H23N5O4S/c1-17-14-21(24-22(23-17)19-8-5-9-20(15-19)27(28)29)25-10-12-26(13-11-25)32(30,31)16-18-6-3-2-4-7-18/h2-9,14-15H,10-13,16H2,1H3. The van der Waals surface area contributed by atoms with Gasteiger partial charge in [-0.2, -0.15) is 4.31 Å². The fourth-order valence-corrected chi connectivity index (χ4v) is 5.19. The van der Waals surface area contributed by atoms with Gasteiger partial charge in [-0.15, -0.1) is 0 Å². The van der Waals surface area contributed by atoms with E-state index in [-0.39, 0.29) is 11.4 Å². The van der Waals surface area contributed by atoms with Crippen LogP contribution in [0.5, 0.6) is 0 Å². The van der Waals surface area contributed by atoms with Crippen LogP contribution >= 0.6 is 0 Å². The third-order valence-electron chi connectivity index (χ3n) is 5.30. The van der Waals surface area contributed by atoms with Gasteiger partial charge in [-0.3, -0.25) is 10.1 Å². The number of piperazine rings is 1. The molecule has 0 saturated carbocycles. The third-order valence-corrected chi connectivity index (χ3v) is 7.15. The number of non-ortho nitro benzene ring substituents is 1. The van der Waals surface area contributed by atoms with Crippen LogP contribution in [-0.4, -0.2) is 53.8 Å². The Balaban J connectivity index is 1.49. The van der Waals surface area contributed by atoms with Gasteiger partial charge in [0.15, 0.2) is 5.82 Å². The summed E-state index contributed by atoms with van der Waals surface area (Å²) in [7, 11) is -3.40. The van der Waals surface area contributed by atoms with Crippen LogP contribution < -0.4 is 4.90 Å². The molecule has 1 aliphatic rings. The number of sulfonamides is 1. The van der Waals surface area contributed by atoms with E-state index in [1.54, 1.807) is 12.1 Å². The summed E-state index contributed by atoms with van der Waals surface area (Å²) < 4.78 is 27.1. The largest absolute Gasteiger partial charge is 0.354 e. The average Bonchev–Trinajstić information content (AvgIpc) is 2.79. The molecule has 1 aromatic heterocycles. The van der Waals surface area contributed by atoms with Crippen molar-refractivity contribution in [1.82, 2.24) is 14.3 Å². The van der Waals surface area contributed by atoms with Crippen molar-refractivity contribution in [1.29, 1.82) is 0 Å². The van der Waals surface area contributed by atoms with Gasteiger partial charge in [-0.1, -0.05) is 42.5 Å². The van der Waals surface area contributed by atoms with E-state index in [4.69, 9.17) is 0 Å². The molecule has 0 bridgehead atoms. The molecule has 0 N–H and O–H groups in total. The van der Waals surface area contributed by atoms with Gasteiger partial charge in [0.25, 0.3) is 5.69 Å². The molecule has 1 fully saturated rings. The molecule has 3 aromatic rings. The Morgan fingerprint density at radius 1 is 0.969 bits per heavy atom. The van der Waals surface area contributed by atoms with E-state index in [1.165, 1.54) is 16.4 Å². The van der Waals surface area contributed by atoms with Gasteiger partial charge >= 0.3 is 0 Å². The minimum absolute atomic E-state index is 0.0165. The molecule has 32 heavy (non-hydrogen) atoms. The molecule has 4 rings (SSSR count). The molecular weight excluding hydrogens is 430 g/mol. The fourth-order valence-electron chi connectivity index (χ4n) is 3.67. The highest BCUT2D eigenvalue weighted by Gasteiger charge is 2.28. The number of hydrogen-bond donors (Lipinski definition) is 0. The summed E-state index contributed by atoms with van der Waals surface area (Å²) in [5, 5.41) is 11.1. The predicted molar refractivity (Wildman–Crippen MR) is 122 cm³/mol. The Kier molecular flexibility index (Phi) is 6.15. The number of anilines is 1. The Hall–Kier alpha value is -3.37. The van der Waals surface area contributed by atoms with E-state index in [2.05, 4.69) is 9.97 Å². The summed E-state index contributed by atoms with van der Waals surface area (Å²) in [6.45, 7) is 3.57. The fraction of sp³-hybridized carbons (Fsp3) is 0.273. The van der Waals surface area contributed by atoms with Crippen LogP contribution in [0, 0.1) is 17.0 Å². The number of benzene rings is 2. The second-order valence-electron chi connectivity index (χ2n) is 7.63. The molecule has 0 unspecified atom stereocenters. The number of aryl methyl sites for hydroxylation is 1. The maximum absolute atomic E-state index is 12.8. The van der Waals surface area contributed by atoms with Crippen LogP contribution in [0.4, 0.5) is 11.5 Å². The minimum Gasteiger partial charge on any atom is -0.354 e. The number of nitro groups is 1. The first-order chi connectivity index (χ1) is 15.3. The van der Waals surface area contributed by atoms with Crippen LogP contribution in [0.25, 0.3) is 11.4 Å². The minimum atomic E-state index is -3.40. The molecule has 2 aromatic carbocycles. The smallest absolute Gasteiger partial charge is 0.270 e. The lowest BCUT2D eigenvalue weighted by Crippen LogP contribution is -2.49. The van der Waals surface area contributed by atoms with Gasteiger partial charge in [0.2, 0.25) is 10.0 Å². The van der Waals surface area contributed by atoms with Crippen LogP contribution in [-0.2, 0) is 15.8 Å². The molecule has 2 heterocycles. The highest BCUT2D eigenvalue weighted by atomic mass is 32.2. The van der Waals surface area contributed by atoms with Crippen molar-refractivity contribution in [2.24, 2.45) is 0 Å². The summed E-state index contributed by atoms with van der Waals surface area (Å²) in [6, 6.07) is 17.2. The van der Waals surface area contributed by atoms with Gasteiger partial charge in [-0.25, -0.2) is 18.4 Å². The van der Waals surface area contributed by atoms with E-state index in [1.807, 2.05) is 48.2 Å². The van der Waals surface area contributed by atoms with Crippen molar-refractivity contribution >= 4 is 21.5 Å². The molecule has 1 aliphatic heterocycles. The number of hydrogen-bond acceptors (Lipinski definition) is 7. The molecular formula is C22H23N5O4S.